The Balaban J connectivity index is 1.78. The lowest BCUT2D eigenvalue weighted by Crippen LogP contribution is -2.23. The van der Waals surface area contributed by atoms with E-state index in [1.165, 1.54) is 31.2 Å². The minimum Gasteiger partial charge on any atom is -0.493 e. The van der Waals surface area contributed by atoms with Crippen molar-refractivity contribution in [2.45, 2.75) is 31.1 Å². The van der Waals surface area contributed by atoms with Crippen LogP contribution in [0.2, 0.25) is 0 Å². The molecule has 0 N–H and O–H groups in total. The molecule has 0 bridgehead atoms. The number of pyridine rings is 1. The number of rotatable bonds is 2. The molecule has 1 spiro atoms. The average Bonchev–Trinajstić information content (AvgIpc) is 3.28. The quantitative estimate of drug-likeness (QED) is 0.641. The molecular formula is C21H21NO3. The van der Waals surface area contributed by atoms with E-state index in [2.05, 4.69) is 12.1 Å². The molecule has 0 saturated heterocycles. The molecule has 1 aliphatic carbocycles. The van der Waals surface area contributed by atoms with Gasteiger partial charge in [-0.05, 0) is 36.4 Å². The summed E-state index contributed by atoms with van der Waals surface area (Å²) in [7, 11) is 3.32. The predicted molar refractivity (Wildman–Crippen MR) is 98.0 cm³/mol. The van der Waals surface area contributed by atoms with E-state index in [1.807, 2.05) is 18.3 Å². The third-order valence-electron chi connectivity index (χ3n) is 5.93. The molecule has 2 heterocycles. The first-order valence-corrected chi connectivity index (χ1v) is 8.86. The van der Waals surface area contributed by atoms with Crippen molar-refractivity contribution in [2.24, 2.45) is 0 Å². The van der Waals surface area contributed by atoms with Crippen molar-refractivity contribution in [1.29, 1.82) is 0 Å². The van der Waals surface area contributed by atoms with Crippen molar-refractivity contribution in [2.75, 3.05) is 20.8 Å². The highest BCUT2D eigenvalue weighted by Crippen LogP contribution is 2.51. The highest BCUT2D eigenvalue weighted by molar-refractivity contribution is 6.08. The monoisotopic (exact) mass is 335 g/mol. The summed E-state index contributed by atoms with van der Waals surface area (Å²) in [5.74, 6) is 2.48. The molecule has 0 radical (unpaired) electrons. The van der Waals surface area contributed by atoms with Gasteiger partial charge in [-0.3, -0.25) is 4.98 Å². The summed E-state index contributed by atoms with van der Waals surface area (Å²) in [6.45, 7) is 0.799. The number of nitrogens with zero attached hydrogens (tertiary/aromatic N) is 1. The molecule has 1 saturated carbocycles. The summed E-state index contributed by atoms with van der Waals surface area (Å²) in [6, 6.07) is 8.26. The Hall–Kier alpha value is -2.49. The molecule has 4 heteroatoms. The number of hydrogen-bond acceptors (Lipinski definition) is 4. The lowest BCUT2D eigenvalue weighted by Gasteiger charge is -2.20. The highest BCUT2D eigenvalue weighted by atomic mass is 16.5. The van der Waals surface area contributed by atoms with Crippen LogP contribution in [0.1, 0.15) is 31.2 Å². The van der Waals surface area contributed by atoms with Crippen LogP contribution < -0.4 is 14.2 Å². The van der Waals surface area contributed by atoms with Crippen LogP contribution in [0, 0.1) is 0 Å². The third kappa shape index (κ3) is 1.97. The van der Waals surface area contributed by atoms with E-state index < -0.39 is 0 Å². The molecular weight excluding hydrogens is 314 g/mol. The van der Waals surface area contributed by atoms with E-state index in [9.17, 15) is 0 Å². The zero-order valence-electron chi connectivity index (χ0n) is 14.6. The Morgan fingerprint density at radius 2 is 1.76 bits per heavy atom. The molecule has 1 aliphatic heterocycles. The average molecular weight is 335 g/mol. The first-order chi connectivity index (χ1) is 12.3. The second-order valence-corrected chi connectivity index (χ2v) is 7.17. The van der Waals surface area contributed by atoms with E-state index in [1.54, 1.807) is 14.2 Å². The van der Waals surface area contributed by atoms with Gasteiger partial charge in [-0.1, -0.05) is 18.9 Å². The molecule has 2 aromatic carbocycles. The van der Waals surface area contributed by atoms with Gasteiger partial charge >= 0.3 is 0 Å². The van der Waals surface area contributed by atoms with Crippen LogP contribution in [0.5, 0.6) is 17.2 Å². The van der Waals surface area contributed by atoms with Gasteiger partial charge in [0.1, 0.15) is 5.75 Å². The molecule has 1 aromatic heterocycles. The van der Waals surface area contributed by atoms with E-state index >= 15 is 0 Å². The summed E-state index contributed by atoms with van der Waals surface area (Å²) in [4.78, 5) is 4.85. The minimum atomic E-state index is 0.197. The summed E-state index contributed by atoms with van der Waals surface area (Å²) in [5, 5.41) is 3.25. The van der Waals surface area contributed by atoms with Crippen LogP contribution in [0.3, 0.4) is 0 Å². The second-order valence-electron chi connectivity index (χ2n) is 7.17. The van der Waals surface area contributed by atoms with Gasteiger partial charge in [-0.15, -0.1) is 0 Å². The first-order valence-electron chi connectivity index (χ1n) is 8.86. The molecule has 2 aliphatic rings. The third-order valence-corrected chi connectivity index (χ3v) is 5.93. The van der Waals surface area contributed by atoms with Crippen molar-refractivity contribution < 1.29 is 14.2 Å². The highest BCUT2D eigenvalue weighted by Gasteiger charge is 2.43. The summed E-state index contributed by atoms with van der Waals surface area (Å²) in [6.07, 6.45) is 7.05. The SMILES string of the molecule is COc1cc2ccc3c4c(cnc3c2cc1OC)C1(CCCC1)CO4. The molecule has 0 amide bonds. The zero-order valence-corrected chi connectivity index (χ0v) is 14.6. The van der Waals surface area contributed by atoms with Gasteiger partial charge in [-0.2, -0.15) is 0 Å². The maximum atomic E-state index is 6.20. The van der Waals surface area contributed by atoms with Crippen LogP contribution in [0.4, 0.5) is 0 Å². The molecule has 0 atom stereocenters. The molecule has 5 rings (SSSR count). The van der Waals surface area contributed by atoms with Crippen LogP contribution in [0.25, 0.3) is 21.7 Å². The Labute approximate surface area is 146 Å². The van der Waals surface area contributed by atoms with Gasteiger partial charge in [0.05, 0.1) is 26.3 Å². The summed E-state index contributed by atoms with van der Waals surface area (Å²) < 4.78 is 17.1. The van der Waals surface area contributed by atoms with Crippen molar-refractivity contribution in [3.8, 4) is 17.2 Å². The molecule has 4 nitrogen and oxygen atoms in total. The van der Waals surface area contributed by atoms with Crippen LogP contribution >= 0.6 is 0 Å². The Bertz CT molecular complexity index is 990. The largest absolute Gasteiger partial charge is 0.493 e. The molecule has 128 valence electrons. The van der Waals surface area contributed by atoms with Gasteiger partial charge in [-0.25, -0.2) is 0 Å². The van der Waals surface area contributed by atoms with E-state index in [-0.39, 0.29) is 5.41 Å². The predicted octanol–water partition coefficient (Wildman–Crippen LogP) is 4.61. The lowest BCUT2D eigenvalue weighted by atomic mass is 9.81. The van der Waals surface area contributed by atoms with Gasteiger partial charge in [0.2, 0.25) is 0 Å². The van der Waals surface area contributed by atoms with Crippen molar-refractivity contribution >= 4 is 21.7 Å². The van der Waals surface area contributed by atoms with Crippen LogP contribution in [-0.4, -0.2) is 25.8 Å². The van der Waals surface area contributed by atoms with Gasteiger partial charge in [0.15, 0.2) is 11.5 Å². The molecule has 3 aromatic rings. The number of benzene rings is 2. The van der Waals surface area contributed by atoms with Gasteiger partial charge in [0, 0.05) is 27.9 Å². The zero-order chi connectivity index (χ0) is 17.0. The summed E-state index contributed by atoms with van der Waals surface area (Å²) >= 11 is 0. The maximum Gasteiger partial charge on any atom is 0.161 e. The number of hydrogen-bond donors (Lipinski definition) is 0. The second kappa shape index (κ2) is 5.25. The van der Waals surface area contributed by atoms with E-state index in [4.69, 9.17) is 19.2 Å². The van der Waals surface area contributed by atoms with Crippen molar-refractivity contribution in [1.82, 2.24) is 4.98 Å². The van der Waals surface area contributed by atoms with Crippen LogP contribution in [-0.2, 0) is 5.41 Å². The van der Waals surface area contributed by atoms with Crippen molar-refractivity contribution in [3.05, 3.63) is 36.0 Å². The topological polar surface area (TPSA) is 40.6 Å². The van der Waals surface area contributed by atoms with Gasteiger partial charge in [0.25, 0.3) is 0 Å². The smallest absolute Gasteiger partial charge is 0.161 e. The fourth-order valence-corrected chi connectivity index (χ4v) is 4.58. The van der Waals surface area contributed by atoms with E-state index in [0.29, 0.717) is 0 Å². The maximum absolute atomic E-state index is 6.20. The fraction of sp³-hybridized carbons (Fsp3) is 0.381. The number of aromatic nitrogens is 1. The lowest BCUT2D eigenvalue weighted by molar-refractivity contribution is 0.269. The fourth-order valence-electron chi connectivity index (χ4n) is 4.58. The van der Waals surface area contributed by atoms with Gasteiger partial charge < -0.3 is 14.2 Å². The number of ether oxygens (including phenoxy) is 3. The Morgan fingerprint density at radius 1 is 1.00 bits per heavy atom. The molecule has 0 unspecified atom stereocenters. The Kier molecular flexibility index (Phi) is 3.11. The van der Waals surface area contributed by atoms with Crippen molar-refractivity contribution in [3.63, 3.8) is 0 Å². The Morgan fingerprint density at radius 3 is 2.52 bits per heavy atom. The number of methoxy groups -OCH3 is 2. The summed E-state index contributed by atoms with van der Waals surface area (Å²) in [5.41, 5.74) is 2.47. The standard InChI is InChI=1S/C21H21NO3/c1-23-17-9-13-5-6-14-19(15(13)10-18(17)24-2)22-11-16-20(14)25-12-21(16)7-3-4-8-21/h5-6,9-11H,3-4,7-8,12H2,1-2H3. The minimum absolute atomic E-state index is 0.197. The van der Waals surface area contributed by atoms with E-state index in [0.717, 1.165) is 45.5 Å². The molecule has 1 fully saturated rings. The number of fused-ring (bicyclic) bond motifs is 6. The normalized spacial score (nSPS) is 17.8. The molecule has 25 heavy (non-hydrogen) atoms. The first kappa shape index (κ1) is 14.8. The van der Waals surface area contributed by atoms with Crippen LogP contribution in [0.15, 0.2) is 30.5 Å².